The van der Waals surface area contributed by atoms with Crippen LogP contribution in [0.3, 0.4) is 0 Å². The van der Waals surface area contributed by atoms with Gasteiger partial charge in [0.2, 0.25) is 0 Å². The van der Waals surface area contributed by atoms with Crippen LogP contribution in [0, 0.1) is 0 Å². The van der Waals surface area contributed by atoms with E-state index < -0.39 is 5.97 Å². The van der Waals surface area contributed by atoms with E-state index in [9.17, 15) is 9.90 Å². The van der Waals surface area contributed by atoms with E-state index >= 15 is 0 Å². The van der Waals surface area contributed by atoms with Crippen LogP contribution in [0.1, 0.15) is 21.5 Å². The standard InChI is InChI=1S/C17H16O4/c1-20-14-5-3-4-12(10-14)6-7-13-11-15(21-2)8-9-16(13)17(18)19/h3-11H,1-2H3,(H,18,19)/b7-6+. The molecule has 0 atom stereocenters. The zero-order chi connectivity index (χ0) is 15.2. The first-order valence-electron chi connectivity index (χ1n) is 6.37. The topological polar surface area (TPSA) is 55.8 Å². The van der Waals surface area contributed by atoms with Crippen LogP contribution in [0.5, 0.6) is 11.5 Å². The van der Waals surface area contributed by atoms with Crippen LogP contribution in [0.25, 0.3) is 12.2 Å². The van der Waals surface area contributed by atoms with Crippen molar-refractivity contribution < 1.29 is 19.4 Å². The summed E-state index contributed by atoms with van der Waals surface area (Å²) in [5.74, 6) is 0.398. The molecule has 0 unspecified atom stereocenters. The minimum atomic E-state index is -0.969. The average Bonchev–Trinajstić information content (AvgIpc) is 2.52. The zero-order valence-corrected chi connectivity index (χ0v) is 11.9. The summed E-state index contributed by atoms with van der Waals surface area (Å²) < 4.78 is 10.3. The maximum atomic E-state index is 11.2. The molecule has 2 rings (SSSR count). The van der Waals surface area contributed by atoms with E-state index in [-0.39, 0.29) is 5.56 Å². The van der Waals surface area contributed by atoms with Gasteiger partial charge in [-0.25, -0.2) is 4.79 Å². The molecule has 0 aromatic heterocycles. The molecule has 0 fully saturated rings. The number of methoxy groups -OCH3 is 2. The molecule has 0 radical (unpaired) electrons. The highest BCUT2D eigenvalue weighted by atomic mass is 16.5. The Morgan fingerprint density at radius 3 is 2.38 bits per heavy atom. The highest BCUT2D eigenvalue weighted by molar-refractivity contribution is 5.93. The lowest BCUT2D eigenvalue weighted by atomic mass is 10.1. The Morgan fingerprint density at radius 2 is 1.71 bits per heavy atom. The fraction of sp³-hybridized carbons (Fsp3) is 0.118. The Bertz CT molecular complexity index is 674. The van der Waals surface area contributed by atoms with Crippen molar-refractivity contribution in [3.05, 3.63) is 59.2 Å². The number of carboxylic acid groups (broad SMARTS) is 1. The maximum absolute atomic E-state index is 11.2. The summed E-state index contributed by atoms with van der Waals surface area (Å²) >= 11 is 0. The summed E-state index contributed by atoms with van der Waals surface area (Å²) in [6.45, 7) is 0. The summed E-state index contributed by atoms with van der Waals surface area (Å²) in [6, 6.07) is 12.4. The van der Waals surface area contributed by atoms with Crippen molar-refractivity contribution in [3.63, 3.8) is 0 Å². The van der Waals surface area contributed by atoms with Gasteiger partial charge in [-0.15, -0.1) is 0 Å². The summed E-state index contributed by atoms with van der Waals surface area (Å²) in [4.78, 5) is 11.2. The van der Waals surface area contributed by atoms with Gasteiger partial charge in [0.25, 0.3) is 0 Å². The van der Waals surface area contributed by atoms with Gasteiger partial charge in [-0.1, -0.05) is 24.3 Å². The molecule has 1 N–H and O–H groups in total. The second kappa shape index (κ2) is 6.61. The fourth-order valence-corrected chi connectivity index (χ4v) is 1.93. The molecule has 4 heteroatoms. The van der Waals surface area contributed by atoms with Crippen molar-refractivity contribution in [1.82, 2.24) is 0 Å². The third-order valence-corrected chi connectivity index (χ3v) is 3.04. The van der Waals surface area contributed by atoms with Crippen LogP contribution < -0.4 is 9.47 Å². The van der Waals surface area contributed by atoms with E-state index in [0.29, 0.717) is 11.3 Å². The van der Waals surface area contributed by atoms with Crippen molar-refractivity contribution in [1.29, 1.82) is 0 Å². The van der Waals surface area contributed by atoms with Crippen LogP contribution in [-0.4, -0.2) is 25.3 Å². The van der Waals surface area contributed by atoms with Crippen molar-refractivity contribution in [2.24, 2.45) is 0 Å². The molecule has 21 heavy (non-hydrogen) atoms. The van der Waals surface area contributed by atoms with Crippen molar-refractivity contribution in [2.75, 3.05) is 14.2 Å². The van der Waals surface area contributed by atoms with Crippen LogP contribution in [0.2, 0.25) is 0 Å². The van der Waals surface area contributed by atoms with Gasteiger partial charge in [0, 0.05) is 0 Å². The summed E-state index contributed by atoms with van der Waals surface area (Å²) in [7, 11) is 3.15. The summed E-state index contributed by atoms with van der Waals surface area (Å²) in [5.41, 5.74) is 1.74. The van der Waals surface area contributed by atoms with Gasteiger partial charge >= 0.3 is 5.97 Å². The number of rotatable bonds is 5. The Hall–Kier alpha value is -2.75. The lowest BCUT2D eigenvalue weighted by molar-refractivity contribution is 0.0696. The summed E-state index contributed by atoms with van der Waals surface area (Å²) in [6.07, 6.45) is 3.59. The number of carboxylic acids is 1. The molecular weight excluding hydrogens is 268 g/mol. The van der Waals surface area contributed by atoms with Gasteiger partial charge in [-0.3, -0.25) is 0 Å². The second-order valence-corrected chi connectivity index (χ2v) is 4.37. The van der Waals surface area contributed by atoms with E-state index in [1.807, 2.05) is 30.3 Å². The lowest BCUT2D eigenvalue weighted by Crippen LogP contribution is -1.99. The first-order chi connectivity index (χ1) is 10.1. The lowest BCUT2D eigenvalue weighted by Gasteiger charge is -2.05. The monoisotopic (exact) mass is 284 g/mol. The zero-order valence-electron chi connectivity index (χ0n) is 11.9. The van der Waals surface area contributed by atoms with Crippen LogP contribution in [0.15, 0.2) is 42.5 Å². The van der Waals surface area contributed by atoms with E-state index in [0.717, 1.165) is 11.3 Å². The molecule has 0 aliphatic rings. The number of benzene rings is 2. The summed E-state index contributed by atoms with van der Waals surface area (Å²) in [5, 5.41) is 9.21. The number of aromatic carboxylic acids is 1. The molecule has 0 saturated heterocycles. The highest BCUT2D eigenvalue weighted by Gasteiger charge is 2.08. The third-order valence-electron chi connectivity index (χ3n) is 3.04. The van der Waals surface area contributed by atoms with Gasteiger partial charge in [0.05, 0.1) is 19.8 Å². The molecule has 2 aromatic rings. The molecule has 0 saturated carbocycles. The normalized spacial score (nSPS) is 10.6. The maximum Gasteiger partial charge on any atom is 0.336 e. The van der Waals surface area contributed by atoms with Gasteiger partial charge in [0.1, 0.15) is 11.5 Å². The number of hydrogen-bond donors (Lipinski definition) is 1. The molecule has 0 spiro atoms. The van der Waals surface area contributed by atoms with Crippen molar-refractivity contribution >= 4 is 18.1 Å². The molecule has 2 aromatic carbocycles. The molecular formula is C17H16O4. The van der Waals surface area contributed by atoms with Gasteiger partial charge < -0.3 is 14.6 Å². The smallest absolute Gasteiger partial charge is 0.336 e. The van der Waals surface area contributed by atoms with Gasteiger partial charge in [-0.05, 0) is 41.5 Å². The fourth-order valence-electron chi connectivity index (χ4n) is 1.93. The third kappa shape index (κ3) is 3.63. The number of carbonyl (C=O) groups is 1. The molecule has 4 nitrogen and oxygen atoms in total. The molecule has 0 aliphatic carbocycles. The van der Waals surface area contributed by atoms with Crippen molar-refractivity contribution in [2.45, 2.75) is 0 Å². The highest BCUT2D eigenvalue weighted by Crippen LogP contribution is 2.21. The molecule has 0 amide bonds. The SMILES string of the molecule is COc1cccc(/C=C/c2cc(OC)ccc2C(=O)O)c1. The van der Waals surface area contributed by atoms with Crippen LogP contribution in [0.4, 0.5) is 0 Å². The largest absolute Gasteiger partial charge is 0.497 e. The number of ether oxygens (including phenoxy) is 2. The molecule has 108 valence electrons. The average molecular weight is 284 g/mol. The van der Waals surface area contributed by atoms with Crippen LogP contribution >= 0.6 is 0 Å². The first kappa shape index (κ1) is 14.7. The molecule has 0 bridgehead atoms. The van der Waals surface area contributed by atoms with Gasteiger partial charge in [0.15, 0.2) is 0 Å². The quantitative estimate of drug-likeness (QED) is 0.853. The minimum Gasteiger partial charge on any atom is -0.497 e. The molecule has 0 heterocycles. The second-order valence-electron chi connectivity index (χ2n) is 4.37. The first-order valence-corrected chi connectivity index (χ1v) is 6.37. The van der Waals surface area contributed by atoms with E-state index in [1.165, 1.54) is 6.07 Å². The van der Waals surface area contributed by atoms with E-state index in [2.05, 4.69) is 0 Å². The van der Waals surface area contributed by atoms with Crippen LogP contribution in [-0.2, 0) is 0 Å². The van der Waals surface area contributed by atoms with E-state index in [1.54, 1.807) is 32.4 Å². The number of hydrogen-bond acceptors (Lipinski definition) is 3. The Morgan fingerprint density at radius 1 is 1.00 bits per heavy atom. The molecule has 0 aliphatic heterocycles. The Kier molecular flexibility index (Phi) is 4.61. The Labute approximate surface area is 123 Å². The van der Waals surface area contributed by atoms with E-state index in [4.69, 9.17) is 9.47 Å². The Balaban J connectivity index is 2.36. The minimum absolute atomic E-state index is 0.231. The predicted molar refractivity (Wildman–Crippen MR) is 81.9 cm³/mol. The van der Waals surface area contributed by atoms with Gasteiger partial charge in [-0.2, -0.15) is 0 Å². The predicted octanol–water partition coefficient (Wildman–Crippen LogP) is 3.57. The van der Waals surface area contributed by atoms with Crippen molar-refractivity contribution in [3.8, 4) is 11.5 Å².